The Hall–Kier alpha value is -2.22. The van der Waals surface area contributed by atoms with Gasteiger partial charge in [-0.1, -0.05) is 13.8 Å². The van der Waals surface area contributed by atoms with Crippen molar-refractivity contribution in [1.82, 2.24) is 19.5 Å². The minimum absolute atomic E-state index is 0.297. The Labute approximate surface area is 99.8 Å². The second-order valence-corrected chi connectivity index (χ2v) is 4.12. The van der Waals surface area contributed by atoms with Crippen LogP contribution in [0.3, 0.4) is 0 Å². The van der Waals surface area contributed by atoms with Crippen LogP contribution < -0.4 is 0 Å². The summed E-state index contributed by atoms with van der Waals surface area (Å²) in [4.78, 5) is 12.7. The van der Waals surface area contributed by atoms with Crippen molar-refractivity contribution in [3.63, 3.8) is 0 Å². The van der Waals surface area contributed by atoms with Gasteiger partial charge in [0.15, 0.2) is 0 Å². The van der Waals surface area contributed by atoms with Crippen LogP contribution in [0.15, 0.2) is 18.5 Å². The molecule has 0 aliphatic heterocycles. The summed E-state index contributed by atoms with van der Waals surface area (Å²) in [6.07, 6.45) is 3.26. The molecule has 0 fully saturated rings. The first kappa shape index (κ1) is 11.3. The Bertz CT molecular complexity index is 577. The van der Waals surface area contributed by atoms with Crippen molar-refractivity contribution < 1.29 is 0 Å². The SMILES string of the molecule is Cc1cc(C(C)C)nc(-n2ccnc2C#N)n1. The molecule has 0 aromatic carbocycles. The normalized spacial score (nSPS) is 10.5. The number of nitriles is 1. The molecule has 0 spiro atoms. The fourth-order valence-corrected chi connectivity index (χ4v) is 1.53. The van der Waals surface area contributed by atoms with Crippen LogP contribution in [0.4, 0.5) is 0 Å². The van der Waals surface area contributed by atoms with Gasteiger partial charge >= 0.3 is 0 Å². The van der Waals surface area contributed by atoms with E-state index in [1.165, 1.54) is 0 Å². The van der Waals surface area contributed by atoms with Crippen molar-refractivity contribution in [1.29, 1.82) is 5.26 Å². The van der Waals surface area contributed by atoms with Crippen molar-refractivity contribution >= 4 is 0 Å². The largest absolute Gasteiger partial charge is 0.259 e. The summed E-state index contributed by atoms with van der Waals surface area (Å²) in [5.74, 6) is 1.12. The average molecular weight is 227 g/mol. The average Bonchev–Trinajstić information content (AvgIpc) is 2.76. The van der Waals surface area contributed by atoms with Crippen molar-refractivity contribution in [2.45, 2.75) is 26.7 Å². The molecule has 2 aromatic rings. The van der Waals surface area contributed by atoms with E-state index in [1.54, 1.807) is 17.0 Å². The van der Waals surface area contributed by atoms with E-state index in [0.29, 0.717) is 17.7 Å². The Kier molecular flexibility index (Phi) is 2.88. The maximum absolute atomic E-state index is 8.93. The summed E-state index contributed by atoms with van der Waals surface area (Å²) in [6, 6.07) is 3.97. The van der Waals surface area contributed by atoms with Crippen LogP contribution in [-0.4, -0.2) is 19.5 Å². The summed E-state index contributed by atoms with van der Waals surface area (Å²) in [5, 5.41) is 8.93. The number of hydrogen-bond donors (Lipinski definition) is 0. The van der Waals surface area contributed by atoms with Gasteiger partial charge in [-0.2, -0.15) is 5.26 Å². The predicted molar refractivity (Wildman–Crippen MR) is 62.7 cm³/mol. The topological polar surface area (TPSA) is 67.4 Å². The van der Waals surface area contributed by atoms with Gasteiger partial charge in [0.1, 0.15) is 6.07 Å². The first-order valence-electron chi connectivity index (χ1n) is 5.41. The highest BCUT2D eigenvalue weighted by Gasteiger charge is 2.10. The fraction of sp³-hybridized carbons (Fsp3) is 0.333. The molecule has 5 nitrogen and oxygen atoms in total. The van der Waals surface area contributed by atoms with Crippen LogP contribution in [0.2, 0.25) is 0 Å². The molecule has 5 heteroatoms. The third-order valence-electron chi connectivity index (χ3n) is 2.41. The zero-order valence-corrected chi connectivity index (χ0v) is 10.0. The van der Waals surface area contributed by atoms with Crippen molar-refractivity contribution in [2.75, 3.05) is 0 Å². The van der Waals surface area contributed by atoms with E-state index < -0.39 is 0 Å². The van der Waals surface area contributed by atoms with E-state index in [2.05, 4.69) is 28.8 Å². The van der Waals surface area contributed by atoms with Crippen LogP contribution in [0.1, 0.15) is 37.0 Å². The molecular formula is C12H13N5. The van der Waals surface area contributed by atoms with Crippen molar-refractivity contribution in [3.05, 3.63) is 35.7 Å². The summed E-state index contributed by atoms with van der Waals surface area (Å²) >= 11 is 0. The van der Waals surface area contributed by atoms with Gasteiger partial charge in [0.2, 0.25) is 11.8 Å². The van der Waals surface area contributed by atoms with Crippen LogP contribution in [-0.2, 0) is 0 Å². The molecule has 17 heavy (non-hydrogen) atoms. The molecular weight excluding hydrogens is 214 g/mol. The molecule has 0 radical (unpaired) electrons. The van der Waals surface area contributed by atoms with Crippen LogP contribution in [0.5, 0.6) is 0 Å². The summed E-state index contributed by atoms with van der Waals surface area (Å²) in [7, 11) is 0. The van der Waals surface area contributed by atoms with E-state index >= 15 is 0 Å². The lowest BCUT2D eigenvalue weighted by atomic mass is 10.1. The van der Waals surface area contributed by atoms with Crippen LogP contribution in [0, 0.1) is 18.3 Å². The van der Waals surface area contributed by atoms with Gasteiger partial charge in [0.25, 0.3) is 0 Å². The first-order chi connectivity index (χ1) is 8.11. The summed E-state index contributed by atoms with van der Waals surface area (Å²) in [6.45, 7) is 6.06. The number of aryl methyl sites for hydroxylation is 1. The minimum Gasteiger partial charge on any atom is -0.259 e. The lowest BCUT2D eigenvalue weighted by Crippen LogP contribution is -2.07. The zero-order chi connectivity index (χ0) is 12.4. The molecule has 0 aliphatic carbocycles. The second kappa shape index (κ2) is 4.34. The van der Waals surface area contributed by atoms with E-state index in [1.807, 2.05) is 19.1 Å². The van der Waals surface area contributed by atoms with E-state index in [9.17, 15) is 0 Å². The standard InChI is InChI=1S/C12H13N5/c1-8(2)10-6-9(3)15-12(16-10)17-5-4-14-11(17)7-13/h4-6,8H,1-3H3. The van der Waals surface area contributed by atoms with Gasteiger partial charge in [-0.15, -0.1) is 0 Å². The Balaban J connectivity index is 2.57. The van der Waals surface area contributed by atoms with Gasteiger partial charge in [0.05, 0.1) is 0 Å². The van der Waals surface area contributed by atoms with Gasteiger partial charge in [-0.05, 0) is 18.9 Å². The molecule has 0 saturated heterocycles. The maximum atomic E-state index is 8.93. The predicted octanol–water partition coefficient (Wildman–Crippen LogP) is 1.97. The molecule has 0 bridgehead atoms. The maximum Gasteiger partial charge on any atom is 0.236 e. The van der Waals surface area contributed by atoms with Crippen molar-refractivity contribution in [2.24, 2.45) is 0 Å². The lowest BCUT2D eigenvalue weighted by Gasteiger charge is -2.08. The summed E-state index contributed by atoms with van der Waals surface area (Å²) in [5.41, 5.74) is 1.85. The first-order valence-corrected chi connectivity index (χ1v) is 5.41. The molecule has 86 valence electrons. The number of nitrogens with zero attached hydrogens (tertiary/aromatic N) is 5. The summed E-state index contributed by atoms with van der Waals surface area (Å²) < 4.78 is 1.60. The van der Waals surface area contributed by atoms with Gasteiger partial charge in [0, 0.05) is 23.8 Å². The molecule has 0 atom stereocenters. The molecule has 0 aliphatic rings. The lowest BCUT2D eigenvalue weighted by molar-refractivity contribution is 0.782. The molecule has 0 amide bonds. The minimum atomic E-state index is 0.297. The number of aromatic nitrogens is 4. The number of hydrogen-bond acceptors (Lipinski definition) is 4. The Morgan fingerprint density at radius 3 is 2.76 bits per heavy atom. The zero-order valence-electron chi connectivity index (χ0n) is 10.0. The van der Waals surface area contributed by atoms with E-state index in [0.717, 1.165) is 11.4 Å². The molecule has 2 aromatic heterocycles. The molecule has 0 unspecified atom stereocenters. The number of rotatable bonds is 2. The molecule has 0 saturated carbocycles. The third kappa shape index (κ3) is 2.16. The second-order valence-electron chi connectivity index (χ2n) is 4.12. The van der Waals surface area contributed by atoms with Crippen LogP contribution >= 0.6 is 0 Å². The Morgan fingerprint density at radius 2 is 2.12 bits per heavy atom. The highest BCUT2D eigenvalue weighted by atomic mass is 15.2. The molecule has 2 rings (SSSR count). The Morgan fingerprint density at radius 1 is 1.35 bits per heavy atom. The van der Waals surface area contributed by atoms with E-state index in [4.69, 9.17) is 5.26 Å². The highest BCUT2D eigenvalue weighted by molar-refractivity contribution is 5.26. The van der Waals surface area contributed by atoms with Gasteiger partial charge < -0.3 is 0 Å². The fourth-order valence-electron chi connectivity index (χ4n) is 1.53. The van der Waals surface area contributed by atoms with E-state index in [-0.39, 0.29) is 0 Å². The molecule has 0 N–H and O–H groups in total. The van der Waals surface area contributed by atoms with Gasteiger partial charge in [-0.3, -0.25) is 4.57 Å². The van der Waals surface area contributed by atoms with Gasteiger partial charge in [-0.25, -0.2) is 15.0 Å². The smallest absolute Gasteiger partial charge is 0.236 e. The quantitative estimate of drug-likeness (QED) is 0.786. The number of imidazole rings is 1. The third-order valence-corrected chi connectivity index (χ3v) is 2.41. The highest BCUT2D eigenvalue weighted by Crippen LogP contribution is 2.14. The van der Waals surface area contributed by atoms with Crippen LogP contribution in [0.25, 0.3) is 5.95 Å². The monoisotopic (exact) mass is 227 g/mol. The molecule has 2 heterocycles. The van der Waals surface area contributed by atoms with Crippen molar-refractivity contribution in [3.8, 4) is 12.0 Å².